The van der Waals surface area contributed by atoms with Crippen molar-refractivity contribution in [2.24, 2.45) is 0 Å². The number of carbonyl (C=O) groups is 3. The first-order chi connectivity index (χ1) is 16.3. The predicted molar refractivity (Wildman–Crippen MR) is 134 cm³/mol. The molecule has 0 saturated heterocycles. The molecule has 198 valence electrons. The first-order valence-corrected chi connectivity index (χ1v) is 13.5. The number of unbranched alkanes of at least 4 members (excludes halogenated alkanes) is 1. The van der Waals surface area contributed by atoms with Crippen LogP contribution in [0.3, 0.4) is 0 Å². The van der Waals surface area contributed by atoms with Crippen LogP contribution < -0.4 is 15.4 Å². The van der Waals surface area contributed by atoms with Gasteiger partial charge in [0.1, 0.15) is 11.6 Å². The van der Waals surface area contributed by atoms with Crippen LogP contribution in [0.25, 0.3) is 0 Å². The molecule has 0 unspecified atom stereocenters. The van der Waals surface area contributed by atoms with E-state index in [2.05, 4.69) is 15.4 Å². The van der Waals surface area contributed by atoms with Gasteiger partial charge in [-0.1, -0.05) is 25.5 Å². The van der Waals surface area contributed by atoms with Gasteiger partial charge in [-0.3, -0.25) is 9.59 Å². The number of ether oxygens (including phenoxy) is 2. The number of nitrogens with one attached hydrogen (secondary N) is 3. The molecule has 0 aliphatic heterocycles. The average Bonchev–Trinajstić information content (AvgIpc) is 2.75. The molecule has 0 aliphatic carbocycles. The Morgan fingerprint density at radius 2 is 1.69 bits per heavy atom. The van der Waals surface area contributed by atoms with Gasteiger partial charge in [-0.05, 0) is 64.7 Å². The number of alkyl carbamates (subject to hydrolysis) is 1. The third kappa shape index (κ3) is 13.7. The lowest BCUT2D eigenvalue weighted by molar-refractivity contribution is -0.145. The number of esters is 1. The molecule has 10 nitrogen and oxygen atoms in total. The van der Waals surface area contributed by atoms with Crippen molar-refractivity contribution < 1.29 is 32.3 Å². The minimum atomic E-state index is -3.62. The molecule has 0 aliphatic rings. The van der Waals surface area contributed by atoms with Gasteiger partial charge in [0, 0.05) is 18.7 Å². The Morgan fingerprint density at radius 3 is 2.26 bits per heavy atom. The highest BCUT2D eigenvalue weighted by Gasteiger charge is 2.25. The highest BCUT2D eigenvalue weighted by atomic mass is 32.2. The van der Waals surface area contributed by atoms with Crippen LogP contribution in [0.2, 0.25) is 0 Å². The molecule has 1 aromatic rings. The van der Waals surface area contributed by atoms with Gasteiger partial charge in [0.15, 0.2) is 0 Å². The number of carbonyl (C=O) groups excluding carboxylic acids is 3. The molecular formula is C24H39N3O7S. The summed E-state index contributed by atoms with van der Waals surface area (Å²) in [5.74, 6) is -0.903. The number of rotatable bonds is 14. The number of amides is 2. The lowest BCUT2D eigenvalue weighted by Gasteiger charge is -2.19. The number of hydrogen-bond acceptors (Lipinski definition) is 7. The molecule has 0 fully saturated rings. The number of benzene rings is 1. The first-order valence-electron chi connectivity index (χ1n) is 11.9. The molecule has 35 heavy (non-hydrogen) atoms. The molecule has 0 aromatic heterocycles. The van der Waals surface area contributed by atoms with Crippen LogP contribution in [-0.2, 0) is 35.5 Å². The van der Waals surface area contributed by atoms with Crippen molar-refractivity contribution in [3.05, 3.63) is 29.8 Å². The van der Waals surface area contributed by atoms with Crippen LogP contribution in [0.15, 0.2) is 24.3 Å². The lowest BCUT2D eigenvalue weighted by atomic mass is 10.1. The summed E-state index contributed by atoms with van der Waals surface area (Å²) in [5, 5.41) is 5.37. The van der Waals surface area contributed by atoms with E-state index in [1.54, 1.807) is 52.0 Å². The molecule has 1 rings (SSSR count). The molecular weight excluding hydrogens is 474 g/mol. The van der Waals surface area contributed by atoms with Crippen LogP contribution in [0, 0.1) is 0 Å². The SMILES string of the molecule is CCCCS(=O)(=O)N[C@@H](Cc1ccc(NC(=O)CCCNC(=O)OC(C)(C)C)cc1)C(=O)OCC. The summed E-state index contributed by atoms with van der Waals surface area (Å²) in [5.41, 5.74) is 0.694. The Morgan fingerprint density at radius 1 is 1.03 bits per heavy atom. The average molecular weight is 514 g/mol. The normalized spacial score (nSPS) is 12.5. The van der Waals surface area contributed by atoms with Crippen molar-refractivity contribution >= 4 is 33.7 Å². The van der Waals surface area contributed by atoms with Crippen molar-refractivity contribution in [1.29, 1.82) is 0 Å². The Kier molecular flexibility index (Phi) is 12.7. The van der Waals surface area contributed by atoms with Gasteiger partial charge in [0.05, 0.1) is 12.4 Å². The molecule has 1 aromatic carbocycles. The van der Waals surface area contributed by atoms with Gasteiger partial charge in [0.25, 0.3) is 0 Å². The van der Waals surface area contributed by atoms with E-state index in [0.717, 1.165) is 6.42 Å². The van der Waals surface area contributed by atoms with Crippen molar-refractivity contribution in [1.82, 2.24) is 10.0 Å². The van der Waals surface area contributed by atoms with E-state index in [1.807, 2.05) is 6.92 Å². The first kappa shape index (κ1) is 30.4. The second-order valence-corrected chi connectivity index (χ2v) is 10.9. The van der Waals surface area contributed by atoms with Gasteiger partial charge in [-0.2, -0.15) is 0 Å². The fraction of sp³-hybridized carbons (Fsp3) is 0.625. The van der Waals surface area contributed by atoms with Gasteiger partial charge >= 0.3 is 12.1 Å². The summed E-state index contributed by atoms with van der Waals surface area (Å²) >= 11 is 0. The summed E-state index contributed by atoms with van der Waals surface area (Å²) in [6.07, 6.45) is 1.47. The molecule has 0 heterocycles. The van der Waals surface area contributed by atoms with Gasteiger partial charge in [0.2, 0.25) is 15.9 Å². The maximum Gasteiger partial charge on any atom is 0.407 e. The minimum absolute atomic E-state index is 0.0579. The summed E-state index contributed by atoms with van der Waals surface area (Å²) in [6, 6.07) is 5.76. The highest BCUT2D eigenvalue weighted by Crippen LogP contribution is 2.13. The van der Waals surface area contributed by atoms with Crippen LogP contribution in [0.4, 0.5) is 10.5 Å². The van der Waals surface area contributed by atoms with Crippen molar-refractivity contribution in [3.63, 3.8) is 0 Å². The number of sulfonamides is 1. The Balaban J connectivity index is 2.59. The zero-order chi connectivity index (χ0) is 26.5. The van der Waals surface area contributed by atoms with Crippen LogP contribution >= 0.6 is 0 Å². The Bertz CT molecular complexity index is 925. The maximum absolute atomic E-state index is 12.3. The fourth-order valence-electron chi connectivity index (χ4n) is 2.96. The molecule has 0 spiro atoms. The lowest BCUT2D eigenvalue weighted by Crippen LogP contribution is -2.44. The van der Waals surface area contributed by atoms with Gasteiger partial charge in [-0.15, -0.1) is 0 Å². The minimum Gasteiger partial charge on any atom is -0.465 e. The van der Waals surface area contributed by atoms with E-state index in [9.17, 15) is 22.8 Å². The Hall–Kier alpha value is -2.66. The summed E-state index contributed by atoms with van der Waals surface area (Å²) in [6.45, 7) is 9.32. The van der Waals surface area contributed by atoms with Crippen molar-refractivity contribution in [2.75, 3.05) is 24.2 Å². The molecule has 11 heteroatoms. The van der Waals surface area contributed by atoms with Crippen LogP contribution in [0.5, 0.6) is 0 Å². The summed E-state index contributed by atoms with van der Waals surface area (Å²) < 4.78 is 37.2. The number of hydrogen-bond donors (Lipinski definition) is 3. The van der Waals surface area contributed by atoms with E-state index in [1.165, 1.54) is 0 Å². The van der Waals surface area contributed by atoms with E-state index < -0.39 is 33.7 Å². The number of anilines is 1. The van der Waals surface area contributed by atoms with Crippen LogP contribution in [0.1, 0.15) is 65.9 Å². The second kappa shape index (κ2) is 14.7. The molecule has 0 bridgehead atoms. The molecule has 0 radical (unpaired) electrons. The van der Waals surface area contributed by atoms with Gasteiger partial charge in [-0.25, -0.2) is 17.9 Å². The zero-order valence-electron chi connectivity index (χ0n) is 21.3. The smallest absolute Gasteiger partial charge is 0.407 e. The van der Waals surface area contributed by atoms with Crippen molar-refractivity contribution in [2.45, 2.75) is 78.4 Å². The van der Waals surface area contributed by atoms with E-state index in [-0.39, 0.29) is 31.1 Å². The van der Waals surface area contributed by atoms with E-state index >= 15 is 0 Å². The topological polar surface area (TPSA) is 140 Å². The Labute approximate surface area is 208 Å². The van der Waals surface area contributed by atoms with Crippen LogP contribution in [-0.4, -0.2) is 56.9 Å². The summed E-state index contributed by atoms with van der Waals surface area (Å²) in [4.78, 5) is 36.1. The highest BCUT2D eigenvalue weighted by molar-refractivity contribution is 7.89. The largest absolute Gasteiger partial charge is 0.465 e. The monoisotopic (exact) mass is 513 g/mol. The predicted octanol–water partition coefficient (Wildman–Crippen LogP) is 3.12. The quantitative estimate of drug-likeness (QED) is 0.256. The van der Waals surface area contributed by atoms with E-state index in [0.29, 0.717) is 30.6 Å². The standard InChI is InChI=1S/C24H39N3O7S/c1-6-8-16-35(31,32)27-20(22(29)33-7-2)17-18-11-13-19(14-12-18)26-21(28)10-9-15-25-23(30)34-24(3,4)5/h11-14,20,27H,6-10,15-17H2,1-5H3,(H,25,30)(H,26,28)/t20-/m0/s1. The summed E-state index contributed by atoms with van der Waals surface area (Å²) in [7, 11) is -3.62. The third-order valence-corrected chi connectivity index (χ3v) is 6.06. The third-order valence-electron chi connectivity index (χ3n) is 4.59. The second-order valence-electron chi connectivity index (χ2n) is 9.08. The molecule has 2 amide bonds. The molecule has 1 atom stereocenters. The zero-order valence-corrected chi connectivity index (χ0v) is 22.1. The molecule has 0 saturated carbocycles. The fourth-order valence-corrected chi connectivity index (χ4v) is 4.36. The maximum atomic E-state index is 12.3. The van der Waals surface area contributed by atoms with Crippen molar-refractivity contribution in [3.8, 4) is 0 Å². The molecule has 3 N–H and O–H groups in total. The van der Waals surface area contributed by atoms with E-state index in [4.69, 9.17) is 9.47 Å². The van der Waals surface area contributed by atoms with Gasteiger partial charge < -0.3 is 20.1 Å².